The van der Waals surface area contributed by atoms with Crippen LogP contribution >= 0.6 is 0 Å². The van der Waals surface area contributed by atoms with Crippen molar-refractivity contribution < 1.29 is 27.5 Å². The molecule has 1 aliphatic carbocycles. The predicted molar refractivity (Wildman–Crippen MR) is 112 cm³/mol. The molecule has 0 spiro atoms. The number of carbonyl (C=O) groups is 2. The molecule has 1 saturated carbocycles. The molecule has 2 N–H and O–H groups in total. The van der Waals surface area contributed by atoms with Gasteiger partial charge in [-0.25, -0.2) is 9.97 Å². The third kappa shape index (κ3) is 5.07. The van der Waals surface area contributed by atoms with Gasteiger partial charge in [0.15, 0.2) is 11.5 Å². The average molecular weight is 475 g/mol. The number of pyridine rings is 1. The van der Waals surface area contributed by atoms with Gasteiger partial charge in [-0.3, -0.25) is 14.6 Å². The summed E-state index contributed by atoms with van der Waals surface area (Å²) in [6, 6.07) is 2.29. The number of rotatable bonds is 6. The summed E-state index contributed by atoms with van der Waals surface area (Å²) in [5.41, 5.74) is 0.937. The number of hydrogen-bond acceptors (Lipinski definition) is 8. The normalized spacial score (nSPS) is 18.8. The SMILES string of the molecule is CC(Nc1cc(-c2cnc(NC(=O)C3CC3)cn2)cnc1C#N)C(=O)N1CCO[C@H]1C(F)(F)F. The van der Waals surface area contributed by atoms with E-state index in [0.717, 1.165) is 12.8 Å². The van der Waals surface area contributed by atoms with Crippen LogP contribution < -0.4 is 10.6 Å². The van der Waals surface area contributed by atoms with E-state index in [1.165, 1.54) is 31.6 Å². The van der Waals surface area contributed by atoms with E-state index in [2.05, 4.69) is 30.3 Å². The molecule has 34 heavy (non-hydrogen) atoms. The second kappa shape index (κ2) is 9.22. The molecule has 0 radical (unpaired) electrons. The van der Waals surface area contributed by atoms with Crippen LogP contribution in [0, 0.1) is 17.2 Å². The summed E-state index contributed by atoms with van der Waals surface area (Å²) in [4.78, 5) is 37.6. The predicted octanol–water partition coefficient (Wildman–Crippen LogP) is 2.31. The zero-order valence-corrected chi connectivity index (χ0v) is 18.0. The fourth-order valence-electron chi connectivity index (χ4n) is 3.43. The third-order valence-electron chi connectivity index (χ3n) is 5.34. The number of nitrogens with one attached hydrogen (secondary N) is 2. The summed E-state index contributed by atoms with van der Waals surface area (Å²) in [7, 11) is 0. The molecule has 1 unspecified atom stereocenters. The highest BCUT2D eigenvalue weighted by atomic mass is 19.4. The van der Waals surface area contributed by atoms with Crippen LogP contribution in [0.15, 0.2) is 24.7 Å². The highest BCUT2D eigenvalue weighted by molar-refractivity contribution is 5.93. The molecule has 1 saturated heterocycles. The maximum absolute atomic E-state index is 13.1. The van der Waals surface area contributed by atoms with Crippen LogP contribution in [-0.4, -0.2) is 63.3 Å². The molecule has 13 heteroatoms. The minimum absolute atomic E-state index is 0.0149. The monoisotopic (exact) mass is 475 g/mol. The first-order valence-corrected chi connectivity index (χ1v) is 10.5. The van der Waals surface area contributed by atoms with Crippen LogP contribution in [0.4, 0.5) is 24.7 Å². The van der Waals surface area contributed by atoms with Gasteiger partial charge in [-0.1, -0.05) is 0 Å². The molecule has 0 aromatic carbocycles. The summed E-state index contributed by atoms with van der Waals surface area (Å²) in [5, 5.41) is 14.8. The van der Waals surface area contributed by atoms with E-state index in [0.29, 0.717) is 22.0 Å². The molecule has 1 aliphatic heterocycles. The zero-order valence-electron chi connectivity index (χ0n) is 18.0. The number of aromatic nitrogens is 3. The molecular weight excluding hydrogens is 455 g/mol. The summed E-state index contributed by atoms with van der Waals surface area (Å²) in [6.07, 6.45) is -1.13. The van der Waals surface area contributed by atoms with Crippen molar-refractivity contribution in [1.82, 2.24) is 19.9 Å². The maximum atomic E-state index is 13.1. The van der Waals surface area contributed by atoms with E-state index in [1.54, 1.807) is 0 Å². The van der Waals surface area contributed by atoms with Crippen molar-refractivity contribution in [3.05, 3.63) is 30.4 Å². The fourth-order valence-corrected chi connectivity index (χ4v) is 3.43. The lowest BCUT2D eigenvalue weighted by atomic mass is 10.1. The quantitative estimate of drug-likeness (QED) is 0.650. The molecule has 2 atom stereocenters. The number of carbonyl (C=O) groups excluding carboxylic acids is 2. The Kier molecular flexibility index (Phi) is 6.34. The van der Waals surface area contributed by atoms with Crippen molar-refractivity contribution in [3.8, 4) is 17.3 Å². The average Bonchev–Trinajstić information content (AvgIpc) is 3.54. The topological polar surface area (TPSA) is 133 Å². The highest BCUT2D eigenvalue weighted by Gasteiger charge is 2.50. The van der Waals surface area contributed by atoms with Crippen LogP contribution in [0.3, 0.4) is 0 Å². The lowest BCUT2D eigenvalue weighted by Gasteiger charge is -2.28. The first-order valence-electron chi connectivity index (χ1n) is 10.5. The Bertz CT molecular complexity index is 1130. The summed E-state index contributed by atoms with van der Waals surface area (Å²) < 4.78 is 44.1. The number of alkyl halides is 3. The number of ether oxygens (including phenoxy) is 1. The van der Waals surface area contributed by atoms with Gasteiger partial charge in [-0.05, 0) is 25.8 Å². The maximum Gasteiger partial charge on any atom is 0.433 e. The standard InChI is InChI=1S/C21H20F3N7O3/c1-11(19(33)31-4-5-34-20(31)21(22,23)24)29-14-6-13(8-26-15(14)7-25)16-9-28-17(10-27-16)30-18(32)12-2-3-12/h6,8-12,20,29H,2-5H2,1H3,(H,28,30,32)/t11?,20-/m0/s1. The van der Waals surface area contributed by atoms with Crippen molar-refractivity contribution in [2.24, 2.45) is 5.92 Å². The van der Waals surface area contributed by atoms with Crippen LogP contribution in [0.2, 0.25) is 0 Å². The van der Waals surface area contributed by atoms with Gasteiger partial charge in [0, 0.05) is 24.2 Å². The lowest BCUT2D eigenvalue weighted by molar-refractivity contribution is -0.238. The Morgan fingerprint density at radius 2 is 2.00 bits per heavy atom. The fraction of sp³-hybridized carbons (Fsp3) is 0.429. The Labute approximate surface area is 192 Å². The largest absolute Gasteiger partial charge is 0.433 e. The number of nitrogens with zero attached hydrogens (tertiary/aromatic N) is 5. The van der Waals surface area contributed by atoms with Crippen molar-refractivity contribution in [2.45, 2.75) is 38.2 Å². The van der Waals surface area contributed by atoms with Crippen LogP contribution in [0.5, 0.6) is 0 Å². The molecule has 2 fully saturated rings. The number of hydrogen-bond donors (Lipinski definition) is 2. The van der Waals surface area contributed by atoms with Crippen molar-refractivity contribution >= 4 is 23.3 Å². The van der Waals surface area contributed by atoms with E-state index in [9.17, 15) is 28.0 Å². The van der Waals surface area contributed by atoms with E-state index in [-0.39, 0.29) is 36.4 Å². The van der Waals surface area contributed by atoms with Gasteiger partial charge in [-0.2, -0.15) is 18.4 Å². The van der Waals surface area contributed by atoms with Crippen LogP contribution in [-0.2, 0) is 14.3 Å². The highest BCUT2D eigenvalue weighted by Crippen LogP contribution is 2.31. The number of nitriles is 1. The molecule has 3 heterocycles. The number of halogens is 3. The summed E-state index contributed by atoms with van der Waals surface area (Å²) >= 11 is 0. The van der Waals surface area contributed by atoms with E-state index in [1.807, 2.05) is 6.07 Å². The first kappa shape index (κ1) is 23.4. The Morgan fingerprint density at radius 1 is 1.24 bits per heavy atom. The molecular formula is C21H20F3N7O3. The minimum Gasteiger partial charge on any atom is -0.372 e. The van der Waals surface area contributed by atoms with Gasteiger partial charge in [0.2, 0.25) is 18.0 Å². The summed E-state index contributed by atoms with van der Waals surface area (Å²) in [6.45, 7) is 0.968. The third-order valence-corrected chi connectivity index (χ3v) is 5.34. The molecule has 0 bridgehead atoms. The van der Waals surface area contributed by atoms with Gasteiger partial charge in [-0.15, -0.1) is 0 Å². The molecule has 2 amide bonds. The molecule has 4 rings (SSSR count). The van der Waals surface area contributed by atoms with Crippen molar-refractivity contribution in [3.63, 3.8) is 0 Å². The van der Waals surface area contributed by atoms with E-state index in [4.69, 9.17) is 0 Å². The smallest absolute Gasteiger partial charge is 0.372 e. The van der Waals surface area contributed by atoms with Crippen LogP contribution in [0.1, 0.15) is 25.5 Å². The zero-order chi connectivity index (χ0) is 24.5. The van der Waals surface area contributed by atoms with Gasteiger partial charge >= 0.3 is 6.18 Å². The second-order valence-electron chi connectivity index (χ2n) is 7.94. The molecule has 10 nitrogen and oxygen atoms in total. The lowest BCUT2D eigenvalue weighted by Crippen LogP contribution is -2.50. The molecule has 178 valence electrons. The first-order chi connectivity index (χ1) is 16.2. The van der Waals surface area contributed by atoms with Gasteiger partial charge in [0.1, 0.15) is 12.1 Å². The van der Waals surface area contributed by atoms with E-state index >= 15 is 0 Å². The van der Waals surface area contributed by atoms with Crippen molar-refractivity contribution in [2.75, 3.05) is 23.8 Å². The Morgan fingerprint density at radius 3 is 2.62 bits per heavy atom. The van der Waals surface area contributed by atoms with Crippen LogP contribution in [0.25, 0.3) is 11.3 Å². The molecule has 2 aromatic heterocycles. The minimum atomic E-state index is -4.71. The van der Waals surface area contributed by atoms with Gasteiger partial charge in [0.25, 0.3) is 0 Å². The number of anilines is 2. The Hall–Kier alpha value is -3.79. The van der Waals surface area contributed by atoms with E-state index < -0.39 is 24.4 Å². The molecule has 2 aromatic rings. The second-order valence-corrected chi connectivity index (χ2v) is 7.94. The molecule has 2 aliphatic rings. The number of amides is 2. The summed E-state index contributed by atoms with van der Waals surface area (Å²) in [5.74, 6) is -0.624. The Balaban J connectivity index is 1.49. The van der Waals surface area contributed by atoms with Gasteiger partial charge < -0.3 is 20.3 Å². The van der Waals surface area contributed by atoms with Crippen molar-refractivity contribution in [1.29, 1.82) is 5.26 Å². The van der Waals surface area contributed by atoms with Gasteiger partial charge in [0.05, 0.1) is 30.4 Å².